The molecule has 4 aromatic rings. The summed E-state index contributed by atoms with van der Waals surface area (Å²) in [5.41, 5.74) is 14.4. The molecule has 5 rings (SSSR count). The van der Waals surface area contributed by atoms with Gasteiger partial charge in [0.2, 0.25) is 0 Å². The van der Waals surface area contributed by atoms with Gasteiger partial charge in [0, 0.05) is 25.6 Å². The molecule has 1 aliphatic carbocycles. The summed E-state index contributed by atoms with van der Waals surface area (Å²) in [6.45, 7) is 7.14. The third kappa shape index (κ3) is 6.01. The highest BCUT2D eigenvalue weighted by Crippen LogP contribution is 2.40. The molecule has 1 aliphatic rings. The first-order valence-corrected chi connectivity index (χ1v) is 16.0. The Morgan fingerprint density at radius 3 is 2.18 bits per heavy atom. The maximum Gasteiger partial charge on any atom is 0.163 e. The van der Waals surface area contributed by atoms with Gasteiger partial charge in [0.1, 0.15) is 5.76 Å². The van der Waals surface area contributed by atoms with Crippen LogP contribution in [0.15, 0.2) is 122 Å². The molecule has 4 N–H and O–H groups in total. The molecule has 0 radical (unpaired) electrons. The molecule has 4 nitrogen and oxygen atoms in total. The molecule has 222 valence electrons. The van der Waals surface area contributed by atoms with Crippen LogP contribution in [0.5, 0.6) is 0 Å². The van der Waals surface area contributed by atoms with Crippen LogP contribution in [0.3, 0.4) is 0 Å². The van der Waals surface area contributed by atoms with Crippen molar-refractivity contribution in [1.29, 1.82) is 5.41 Å². The lowest BCUT2D eigenvalue weighted by molar-refractivity contribution is -0.113. The van der Waals surface area contributed by atoms with Crippen LogP contribution in [-0.4, -0.2) is 16.6 Å². The Balaban J connectivity index is 1.59. The number of nitrogens with two attached hydrogens (primary N) is 1. The Bertz CT molecular complexity index is 2020. The van der Waals surface area contributed by atoms with Crippen LogP contribution in [0.25, 0.3) is 27.1 Å². The van der Waals surface area contributed by atoms with Gasteiger partial charge >= 0.3 is 0 Å². The van der Waals surface area contributed by atoms with Crippen molar-refractivity contribution in [3.05, 3.63) is 139 Å². The van der Waals surface area contributed by atoms with Crippen LogP contribution in [-0.2, 0) is 4.79 Å². The van der Waals surface area contributed by atoms with Crippen molar-refractivity contribution in [2.45, 2.75) is 40.5 Å². The van der Waals surface area contributed by atoms with Crippen molar-refractivity contribution in [2.75, 3.05) is 5.73 Å². The van der Waals surface area contributed by atoms with Crippen LogP contribution < -0.4 is 5.73 Å². The normalized spacial score (nSPS) is 15.6. The highest BCUT2D eigenvalue weighted by atomic mass is 79.9. The highest BCUT2D eigenvalue weighted by molar-refractivity contribution is 9.11. The number of rotatable bonds is 7. The van der Waals surface area contributed by atoms with Crippen LogP contribution >= 0.6 is 31.9 Å². The Morgan fingerprint density at radius 1 is 0.886 bits per heavy atom. The minimum atomic E-state index is -0.198. The zero-order valence-corrected chi connectivity index (χ0v) is 28.4. The summed E-state index contributed by atoms with van der Waals surface area (Å²) in [7, 11) is 0. The summed E-state index contributed by atoms with van der Waals surface area (Å²) in [5, 5.41) is 23.7. The van der Waals surface area contributed by atoms with Gasteiger partial charge in [0.05, 0.1) is 11.3 Å². The van der Waals surface area contributed by atoms with E-state index in [1.165, 1.54) is 6.92 Å². The molecule has 4 aromatic carbocycles. The SMILES string of the molecule is CC(=O)/C(C1=C(/C=C/C(=N)c2cccc3c(Br)ccc(C)c23)CC/C1=C\C=C(\C)c1cccc2c(Br)ccc(N)c12)=C(\C)O. The van der Waals surface area contributed by atoms with Gasteiger partial charge in [-0.3, -0.25) is 4.79 Å². The molecule has 0 atom stereocenters. The van der Waals surface area contributed by atoms with Gasteiger partial charge in [-0.1, -0.05) is 92.6 Å². The Hall–Kier alpha value is -4.00. The smallest absolute Gasteiger partial charge is 0.163 e. The average molecular weight is 711 g/mol. The molecule has 6 heteroatoms. The summed E-state index contributed by atoms with van der Waals surface area (Å²) in [6, 6.07) is 20.1. The lowest BCUT2D eigenvalue weighted by atomic mass is 9.92. The second-order valence-corrected chi connectivity index (χ2v) is 12.9. The van der Waals surface area contributed by atoms with E-state index in [0.29, 0.717) is 29.8 Å². The number of nitrogens with one attached hydrogen (secondary N) is 1. The summed E-state index contributed by atoms with van der Waals surface area (Å²) in [5.74, 6) is -0.209. The van der Waals surface area contributed by atoms with E-state index in [0.717, 1.165) is 69.5 Å². The third-order valence-corrected chi connectivity index (χ3v) is 9.57. The van der Waals surface area contributed by atoms with Gasteiger partial charge < -0.3 is 16.2 Å². The van der Waals surface area contributed by atoms with E-state index in [1.807, 2.05) is 54.6 Å². The number of hydrogen-bond donors (Lipinski definition) is 3. The summed E-state index contributed by atoms with van der Waals surface area (Å²) in [4.78, 5) is 12.8. The van der Waals surface area contributed by atoms with Crippen LogP contribution in [0.2, 0.25) is 0 Å². The predicted octanol–water partition coefficient (Wildman–Crippen LogP) is 10.9. The highest BCUT2D eigenvalue weighted by Gasteiger charge is 2.25. The number of nitrogen functional groups attached to an aromatic ring is 1. The van der Waals surface area contributed by atoms with E-state index in [4.69, 9.17) is 11.1 Å². The van der Waals surface area contributed by atoms with E-state index < -0.39 is 0 Å². The van der Waals surface area contributed by atoms with Gasteiger partial charge in [-0.2, -0.15) is 0 Å². The van der Waals surface area contributed by atoms with Gasteiger partial charge in [-0.15, -0.1) is 0 Å². The van der Waals surface area contributed by atoms with E-state index >= 15 is 0 Å². The average Bonchev–Trinajstić information content (AvgIpc) is 3.39. The fourth-order valence-corrected chi connectivity index (χ4v) is 7.00. The number of Topliss-reactive ketones (excluding diaryl/α,β-unsaturated/α-hetero) is 1. The zero-order valence-electron chi connectivity index (χ0n) is 25.2. The van der Waals surface area contributed by atoms with Crippen molar-refractivity contribution >= 4 is 76.2 Å². The van der Waals surface area contributed by atoms with Gasteiger partial charge in [0.25, 0.3) is 0 Å². The van der Waals surface area contributed by atoms with E-state index in [-0.39, 0.29) is 11.5 Å². The number of aryl methyl sites for hydroxylation is 1. The molecular weight excluding hydrogens is 676 g/mol. The number of aliphatic hydroxyl groups is 1. The fraction of sp³-hybridized carbons (Fsp3) is 0.158. The first kappa shape index (κ1) is 31.4. The number of ketones is 1. The second-order valence-electron chi connectivity index (χ2n) is 11.2. The van der Waals surface area contributed by atoms with Gasteiger partial charge in [-0.25, -0.2) is 0 Å². The summed E-state index contributed by atoms with van der Waals surface area (Å²) >= 11 is 7.29. The molecule has 0 fully saturated rings. The first-order valence-electron chi connectivity index (χ1n) is 14.4. The maximum atomic E-state index is 12.8. The van der Waals surface area contributed by atoms with Crippen LogP contribution in [0.4, 0.5) is 5.69 Å². The Kier molecular flexibility index (Phi) is 9.23. The second kappa shape index (κ2) is 12.9. The topological polar surface area (TPSA) is 87.2 Å². The van der Waals surface area contributed by atoms with Crippen LogP contribution in [0.1, 0.15) is 50.3 Å². The Labute approximate surface area is 275 Å². The predicted molar refractivity (Wildman–Crippen MR) is 192 cm³/mol. The lowest BCUT2D eigenvalue weighted by Gasteiger charge is -2.13. The van der Waals surface area contributed by atoms with Crippen molar-refractivity contribution in [1.82, 2.24) is 0 Å². The number of hydrogen-bond acceptors (Lipinski definition) is 4. The number of benzene rings is 4. The fourth-order valence-electron chi connectivity index (χ4n) is 6.08. The number of allylic oxidation sites excluding steroid dienone is 10. The number of anilines is 1. The summed E-state index contributed by atoms with van der Waals surface area (Å²) < 4.78 is 1.97. The molecule has 0 aliphatic heterocycles. The number of carbonyl (C=O) groups is 1. The molecule has 0 saturated heterocycles. The molecule has 0 aromatic heterocycles. The number of aliphatic hydroxyl groups excluding tert-OH is 1. The van der Waals surface area contributed by atoms with Crippen molar-refractivity contribution in [2.24, 2.45) is 0 Å². The first-order chi connectivity index (χ1) is 21.0. The largest absolute Gasteiger partial charge is 0.512 e. The maximum absolute atomic E-state index is 12.8. The molecule has 0 amide bonds. The summed E-state index contributed by atoms with van der Waals surface area (Å²) in [6.07, 6.45) is 9.23. The third-order valence-electron chi connectivity index (χ3n) is 8.19. The molecule has 44 heavy (non-hydrogen) atoms. The van der Waals surface area contributed by atoms with E-state index in [2.05, 4.69) is 70.0 Å². The van der Waals surface area contributed by atoms with E-state index in [1.54, 1.807) is 13.0 Å². The van der Waals surface area contributed by atoms with Crippen molar-refractivity contribution in [3.63, 3.8) is 0 Å². The minimum Gasteiger partial charge on any atom is -0.512 e. The molecule has 0 bridgehead atoms. The van der Waals surface area contributed by atoms with Crippen molar-refractivity contribution in [3.8, 4) is 0 Å². The molecule has 0 unspecified atom stereocenters. The molecule has 0 heterocycles. The quantitative estimate of drug-likeness (QED) is 0.0772. The monoisotopic (exact) mass is 708 g/mol. The van der Waals surface area contributed by atoms with E-state index in [9.17, 15) is 9.90 Å². The number of halogens is 2. The van der Waals surface area contributed by atoms with Gasteiger partial charge in [0.15, 0.2) is 5.78 Å². The van der Waals surface area contributed by atoms with Crippen LogP contribution in [0, 0.1) is 12.3 Å². The number of carbonyl (C=O) groups excluding carboxylic acids is 1. The molecular formula is C38H34Br2N2O2. The Morgan fingerprint density at radius 2 is 1.52 bits per heavy atom. The van der Waals surface area contributed by atoms with Crippen molar-refractivity contribution < 1.29 is 9.90 Å². The van der Waals surface area contributed by atoms with Gasteiger partial charge in [-0.05, 0) is 114 Å². The molecule has 0 spiro atoms. The standard InChI is InChI=1S/C38H34Br2N2O2/c1-21(27-7-5-9-29-32(40)18-20-34(42)38(27)29)11-13-25-14-15-26(37(25)36(23(3)43)24(4)44)16-19-33(41)30-10-6-8-28-31(39)17-12-22(2)35(28)30/h5-13,16-20,41,43H,14-15,42H2,1-4H3/b19-16+,21-11-,25-13+,36-23-,41-33?. The lowest BCUT2D eigenvalue weighted by Crippen LogP contribution is -2.05. The minimum absolute atomic E-state index is 0.0109. The zero-order chi connectivity index (χ0) is 31.7. The molecule has 0 saturated carbocycles. The number of fused-ring (bicyclic) bond motifs is 2.